The van der Waals surface area contributed by atoms with Crippen molar-refractivity contribution < 1.29 is 22.3 Å². The van der Waals surface area contributed by atoms with Gasteiger partial charge in [0.05, 0.1) is 15.6 Å². The Bertz CT molecular complexity index is 1250. The van der Waals surface area contributed by atoms with Gasteiger partial charge in [0.2, 0.25) is 0 Å². The number of nitrogens with one attached hydrogen (secondary N) is 1. The first-order valence-electron chi connectivity index (χ1n) is 9.03. The molecule has 31 heavy (non-hydrogen) atoms. The summed E-state index contributed by atoms with van der Waals surface area (Å²) in [5.41, 5.74) is 6.34. The topological polar surface area (TPSA) is 111 Å². The molecule has 0 bridgehead atoms. The number of pyridine rings is 1. The first-order valence-corrected chi connectivity index (χ1v) is 11.3. The summed E-state index contributed by atoms with van der Waals surface area (Å²) in [4.78, 5) is 16.5. The number of hydrogen-bond acceptors (Lipinski definition) is 6. The molecule has 0 unspecified atom stereocenters. The maximum absolute atomic E-state index is 14.3. The highest BCUT2D eigenvalue weighted by molar-refractivity contribution is 7.90. The van der Waals surface area contributed by atoms with Gasteiger partial charge in [0.25, 0.3) is 5.91 Å². The zero-order chi connectivity index (χ0) is 22.8. The maximum Gasteiger partial charge on any atom is 0.255 e. The van der Waals surface area contributed by atoms with Gasteiger partial charge in [0.15, 0.2) is 21.4 Å². The van der Waals surface area contributed by atoms with E-state index in [0.29, 0.717) is 10.6 Å². The van der Waals surface area contributed by atoms with Crippen molar-refractivity contribution in [2.24, 2.45) is 0 Å². The molecule has 3 aromatic rings. The minimum Gasteiger partial charge on any atom is -0.482 e. The van der Waals surface area contributed by atoms with E-state index in [0.717, 1.165) is 6.26 Å². The molecule has 1 atom stereocenters. The van der Waals surface area contributed by atoms with Crippen LogP contribution in [-0.2, 0) is 9.84 Å². The number of anilines is 2. The fraction of sp³-hybridized carbons (Fsp3) is 0.143. The van der Waals surface area contributed by atoms with Gasteiger partial charge in [0, 0.05) is 24.1 Å². The Morgan fingerprint density at radius 2 is 1.97 bits per heavy atom. The number of ether oxygens (including phenoxy) is 1. The lowest BCUT2D eigenvalue weighted by atomic mass is 10.1. The summed E-state index contributed by atoms with van der Waals surface area (Å²) in [7, 11) is -3.49. The van der Waals surface area contributed by atoms with Crippen molar-refractivity contribution in [3.05, 3.63) is 76.7 Å². The van der Waals surface area contributed by atoms with Crippen LogP contribution in [0.15, 0.2) is 59.6 Å². The van der Waals surface area contributed by atoms with Crippen LogP contribution in [0.5, 0.6) is 5.75 Å². The molecule has 0 aliphatic rings. The van der Waals surface area contributed by atoms with Crippen molar-refractivity contribution in [3.8, 4) is 5.75 Å². The molecule has 0 radical (unpaired) electrons. The molecule has 0 saturated carbocycles. The smallest absolute Gasteiger partial charge is 0.255 e. The number of halogens is 2. The third-order valence-electron chi connectivity index (χ3n) is 4.38. The van der Waals surface area contributed by atoms with Gasteiger partial charge in [-0.3, -0.25) is 4.79 Å². The third kappa shape index (κ3) is 5.50. The van der Waals surface area contributed by atoms with Gasteiger partial charge in [-0.25, -0.2) is 17.8 Å². The Morgan fingerprint density at radius 1 is 1.23 bits per heavy atom. The molecular formula is C21H19ClFN3O4S. The monoisotopic (exact) mass is 463 g/mol. The summed E-state index contributed by atoms with van der Waals surface area (Å²) in [6, 6.07) is 11.1. The molecule has 0 aliphatic carbocycles. The summed E-state index contributed by atoms with van der Waals surface area (Å²) in [5, 5.41) is 2.81. The first-order chi connectivity index (χ1) is 14.5. The largest absolute Gasteiger partial charge is 0.482 e. The van der Waals surface area contributed by atoms with Crippen LogP contribution in [0.1, 0.15) is 28.9 Å². The molecule has 1 amide bonds. The number of amides is 1. The van der Waals surface area contributed by atoms with Crippen molar-refractivity contribution >= 4 is 38.9 Å². The van der Waals surface area contributed by atoms with Gasteiger partial charge in [-0.15, -0.1) is 0 Å². The van der Waals surface area contributed by atoms with E-state index in [1.807, 2.05) is 0 Å². The van der Waals surface area contributed by atoms with Crippen molar-refractivity contribution in [2.75, 3.05) is 17.3 Å². The van der Waals surface area contributed by atoms with Crippen LogP contribution in [0, 0.1) is 5.82 Å². The average molecular weight is 464 g/mol. The molecule has 162 valence electrons. The van der Waals surface area contributed by atoms with Crippen LogP contribution >= 0.6 is 11.6 Å². The van der Waals surface area contributed by atoms with Crippen LogP contribution in [0.25, 0.3) is 0 Å². The van der Waals surface area contributed by atoms with E-state index in [1.165, 1.54) is 54.7 Å². The van der Waals surface area contributed by atoms with Crippen LogP contribution in [-0.4, -0.2) is 25.6 Å². The lowest BCUT2D eigenvalue weighted by molar-refractivity contribution is 0.102. The van der Waals surface area contributed by atoms with Gasteiger partial charge in [0.1, 0.15) is 11.9 Å². The summed E-state index contributed by atoms with van der Waals surface area (Å²) in [6.07, 6.45) is 1.86. The molecule has 1 heterocycles. The number of rotatable bonds is 6. The number of sulfone groups is 1. The fourth-order valence-electron chi connectivity index (χ4n) is 2.74. The molecule has 3 N–H and O–H groups in total. The Labute approximate surface area is 183 Å². The molecule has 0 saturated heterocycles. The van der Waals surface area contributed by atoms with E-state index in [-0.39, 0.29) is 27.7 Å². The number of nitrogens with zero attached hydrogens (tertiary/aromatic N) is 1. The van der Waals surface area contributed by atoms with E-state index >= 15 is 0 Å². The zero-order valence-corrected chi connectivity index (χ0v) is 18.2. The number of nitrogen functional groups attached to an aromatic ring is 1. The van der Waals surface area contributed by atoms with Crippen LogP contribution in [0.3, 0.4) is 0 Å². The van der Waals surface area contributed by atoms with Gasteiger partial charge in [-0.2, -0.15) is 0 Å². The molecule has 0 spiro atoms. The quantitative estimate of drug-likeness (QED) is 0.565. The fourth-order valence-corrected chi connectivity index (χ4v) is 3.55. The van der Waals surface area contributed by atoms with Gasteiger partial charge in [-0.05, 0) is 42.8 Å². The first kappa shape index (κ1) is 22.5. The number of hydrogen-bond donors (Lipinski definition) is 2. The highest BCUT2D eigenvalue weighted by Gasteiger charge is 2.16. The number of aromatic nitrogens is 1. The van der Waals surface area contributed by atoms with E-state index in [1.54, 1.807) is 6.92 Å². The number of carbonyl (C=O) groups is 1. The van der Waals surface area contributed by atoms with Crippen molar-refractivity contribution in [2.45, 2.75) is 17.9 Å². The van der Waals surface area contributed by atoms with E-state index in [9.17, 15) is 17.6 Å². The normalized spacial score (nSPS) is 12.3. The zero-order valence-electron chi connectivity index (χ0n) is 16.6. The van der Waals surface area contributed by atoms with Crippen LogP contribution in [0.2, 0.25) is 5.02 Å². The Hall–Kier alpha value is -3.17. The lowest BCUT2D eigenvalue weighted by Crippen LogP contribution is -2.14. The van der Waals surface area contributed by atoms with Crippen LogP contribution in [0.4, 0.5) is 15.9 Å². The van der Waals surface area contributed by atoms with E-state index in [2.05, 4.69) is 10.3 Å². The highest BCUT2D eigenvalue weighted by atomic mass is 35.5. The lowest BCUT2D eigenvalue weighted by Gasteiger charge is -2.17. The summed E-state index contributed by atoms with van der Waals surface area (Å²) >= 11 is 5.91. The molecule has 1 aromatic heterocycles. The molecule has 10 heteroatoms. The van der Waals surface area contributed by atoms with Gasteiger partial charge < -0.3 is 15.8 Å². The minimum absolute atomic E-state index is 0.0101. The molecule has 7 nitrogen and oxygen atoms in total. The summed E-state index contributed by atoms with van der Waals surface area (Å²) in [6.45, 7) is 1.72. The predicted molar refractivity (Wildman–Crippen MR) is 117 cm³/mol. The standard InChI is InChI=1S/C21H19ClFN3O4S/c1-12(30-19-10-15(22)11-25-20(19)24)13-6-7-17(23)18(9-13)26-21(27)14-4-3-5-16(8-14)31(2,28)29/h3-12H,1-2H3,(H2,24,25)(H,26,27)/t12-/m1/s1. The Morgan fingerprint density at radius 3 is 2.68 bits per heavy atom. The van der Waals surface area contributed by atoms with Crippen LogP contribution < -0.4 is 15.8 Å². The number of carbonyl (C=O) groups excluding carboxylic acids is 1. The highest BCUT2D eigenvalue weighted by Crippen LogP contribution is 2.30. The molecule has 2 aromatic carbocycles. The molecule has 0 fully saturated rings. The van der Waals surface area contributed by atoms with Crippen molar-refractivity contribution in [1.82, 2.24) is 4.98 Å². The molecule has 3 rings (SSSR count). The van der Waals surface area contributed by atoms with E-state index in [4.69, 9.17) is 22.1 Å². The maximum atomic E-state index is 14.3. The second-order valence-electron chi connectivity index (χ2n) is 6.79. The predicted octanol–water partition coefficient (Wildman–Crippen LogP) is 4.25. The number of benzene rings is 2. The molecule has 0 aliphatic heterocycles. The Kier molecular flexibility index (Phi) is 6.47. The number of nitrogens with two attached hydrogens (primary N) is 1. The van der Waals surface area contributed by atoms with Gasteiger partial charge >= 0.3 is 0 Å². The SMILES string of the molecule is C[C@@H](Oc1cc(Cl)cnc1N)c1ccc(F)c(NC(=O)c2cccc(S(C)(=O)=O)c2)c1. The Balaban J connectivity index is 1.82. The van der Waals surface area contributed by atoms with Gasteiger partial charge in [-0.1, -0.05) is 23.7 Å². The van der Waals surface area contributed by atoms with Crippen molar-refractivity contribution in [3.63, 3.8) is 0 Å². The third-order valence-corrected chi connectivity index (χ3v) is 5.70. The van der Waals surface area contributed by atoms with E-state index < -0.39 is 27.7 Å². The summed E-state index contributed by atoms with van der Waals surface area (Å²) in [5.74, 6) is -0.893. The average Bonchev–Trinajstić information content (AvgIpc) is 2.71. The second-order valence-corrected chi connectivity index (χ2v) is 9.24. The second kappa shape index (κ2) is 8.91. The summed E-state index contributed by atoms with van der Waals surface area (Å²) < 4.78 is 43.5. The van der Waals surface area contributed by atoms with Crippen molar-refractivity contribution in [1.29, 1.82) is 0 Å². The molecular weight excluding hydrogens is 445 g/mol. The minimum atomic E-state index is -3.49.